The van der Waals surface area contributed by atoms with E-state index in [-0.39, 0.29) is 31.1 Å². The van der Waals surface area contributed by atoms with Crippen molar-refractivity contribution in [2.75, 3.05) is 6.61 Å². The van der Waals surface area contributed by atoms with Gasteiger partial charge in [-0.1, -0.05) is 0 Å². The van der Waals surface area contributed by atoms with Gasteiger partial charge in [0.25, 0.3) is 5.56 Å². The number of hydrogen-bond donors (Lipinski definition) is 0. The largest absolute Gasteiger partial charge is 0.486 e. The number of halogens is 1. The van der Waals surface area contributed by atoms with Crippen LogP contribution in [0.5, 0.6) is 5.75 Å². The molecular weight excluding hydrogens is 441 g/mol. The molecule has 0 saturated carbocycles. The maximum atomic E-state index is 13.0. The molecule has 1 aromatic carbocycles. The molecule has 0 unspecified atom stereocenters. The van der Waals surface area contributed by atoms with Gasteiger partial charge in [0.1, 0.15) is 32.9 Å². The zero-order valence-corrected chi connectivity index (χ0v) is 18.4. The predicted molar refractivity (Wildman–Crippen MR) is 117 cm³/mol. The number of carbonyl (C=O) groups excluding carboxylic acids is 1. The summed E-state index contributed by atoms with van der Waals surface area (Å²) in [4.78, 5) is 34.9. The summed E-state index contributed by atoms with van der Waals surface area (Å²) in [7, 11) is 0. The number of thiophene rings is 1. The highest BCUT2D eigenvalue weighted by atomic mass is 32.1. The number of aromatic nitrogens is 3. The molecule has 0 aliphatic carbocycles. The molecule has 0 bridgehead atoms. The van der Waals surface area contributed by atoms with Gasteiger partial charge in [-0.2, -0.15) is 0 Å². The van der Waals surface area contributed by atoms with E-state index in [1.54, 1.807) is 26.0 Å². The van der Waals surface area contributed by atoms with Gasteiger partial charge in [0.05, 0.1) is 30.6 Å². The summed E-state index contributed by atoms with van der Waals surface area (Å²) in [5, 5.41) is 3.01. The first kappa shape index (κ1) is 21.1. The van der Waals surface area contributed by atoms with Crippen molar-refractivity contribution >= 4 is 38.9 Å². The second-order valence-electron chi connectivity index (χ2n) is 6.61. The van der Waals surface area contributed by atoms with E-state index in [4.69, 9.17) is 9.47 Å². The van der Waals surface area contributed by atoms with Crippen molar-refractivity contribution in [2.45, 2.75) is 27.0 Å². The molecule has 7 nitrogen and oxygen atoms in total. The second kappa shape index (κ2) is 8.94. The summed E-state index contributed by atoms with van der Waals surface area (Å²) < 4.78 is 25.1. The first-order chi connectivity index (χ1) is 15.0. The van der Waals surface area contributed by atoms with Crippen LogP contribution < -0.4 is 10.3 Å². The van der Waals surface area contributed by atoms with Gasteiger partial charge in [0, 0.05) is 5.38 Å². The summed E-state index contributed by atoms with van der Waals surface area (Å²) in [6, 6.07) is 5.77. The SMILES string of the molecule is CCOC(=O)c1sc2ncn(Cc3csc(COc4ccc(F)cc4)n3)c(=O)c2c1C. The maximum absolute atomic E-state index is 13.0. The third-order valence-corrected chi connectivity index (χ3v) is 6.54. The van der Waals surface area contributed by atoms with Crippen LogP contribution in [-0.4, -0.2) is 27.1 Å². The Kier molecular flexibility index (Phi) is 6.10. The Bertz CT molecular complexity index is 1290. The summed E-state index contributed by atoms with van der Waals surface area (Å²) in [6.45, 7) is 4.22. The first-order valence-electron chi connectivity index (χ1n) is 9.43. The van der Waals surface area contributed by atoms with Crippen LogP contribution in [0.4, 0.5) is 4.39 Å². The van der Waals surface area contributed by atoms with Crippen molar-refractivity contribution in [2.24, 2.45) is 0 Å². The smallest absolute Gasteiger partial charge is 0.348 e. The number of fused-ring (bicyclic) bond motifs is 1. The number of thiazole rings is 1. The van der Waals surface area contributed by atoms with Gasteiger partial charge in [0.15, 0.2) is 0 Å². The lowest BCUT2D eigenvalue weighted by Crippen LogP contribution is -2.21. The topological polar surface area (TPSA) is 83.3 Å². The van der Waals surface area contributed by atoms with Crippen LogP contribution in [0.2, 0.25) is 0 Å². The molecule has 3 aromatic heterocycles. The number of hydrogen-bond acceptors (Lipinski definition) is 8. The highest BCUT2D eigenvalue weighted by molar-refractivity contribution is 7.20. The molecule has 160 valence electrons. The number of benzene rings is 1. The van der Waals surface area contributed by atoms with Crippen molar-refractivity contribution in [3.05, 3.63) is 73.3 Å². The predicted octanol–water partition coefficient (Wildman–Crippen LogP) is 4.17. The third-order valence-electron chi connectivity index (χ3n) is 4.49. The van der Waals surface area contributed by atoms with Crippen LogP contribution in [0.3, 0.4) is 0 Å². The van der Waals surface area contributed by atoms with Crippen LogP contribution in [0.25, 0.3) is 10.2 Å². The molecule has 0 fully saturated rings. The Morgan fingerprint density at radius 1 is 1.26 bits per heavy atom. The van der Waals surface area contributed by atoms with Gasteiger partial charge in [-0.15, -0.1) is 22.7 Å². The lowest BCUT2D eigenvalue weighted by atomic mass is 10.2. The van der Waals surface area contributed by atoms with E-state index < -0.39 is 5.97 Å². The minimum atomic E-state index is -0.445. The van der Waals surface area contributed by atoms with E-state index in [2.05, 4.69) is 9.97 Å². The van der Waals surface area contributed by atoms with Crippen LogP contribution in [-0.2, 0) is 17.9 Å². The van der Waals surface area contributed by atoms with E-state index in [1.807, 2.05) is 5.38 Å². The van der Waals surface area contributed by atoms with E-state index in [0.717, 1.165) is 16.3 Å². The molecular formula is C21H18FN3O4S2. The molecule has 4 rings (SSSR count). The van der Waals surface area contributed by atoms with Gasteiger partial charge >= 0.3 is 5.97 Å². The van der Waals surface area contributed by atoms with Crippen LogP contribution in [0.15, 0.2) is 40.8 Å². The molecule has 0 atom stereocenters. The molecule has 10 heteroatoms. The second-order valence-corrected chi connectivity index (χ2v) is 8.55. The van der Waals surface area contributed by atoms with Crippen LogP contribution in [0, 0.1) is 12.7 Å². The fourth-order valence-electron chi connectivity index (χ4n) is 3.00. The monoisotopic (exact) mass is 459 g/mol. The summed E-state index contributed by atoms with van der Waals surface area (Å²) in [5.41, 5.74) is 1.05. The van der Waals surface area contributed by atoms with Crippen molar-refractivity contribution in [1.29, 1.82) is 0 Å². The minimum Gasteiger partial charge on any atom is -0.486 e. The standard InChI is InChI=1S/C21H18FN3O4S2/c1-3-28-21(27)18-12(2)17-19(31-18)23-11-25(20(17)26)8-14-10-30-16(24-14)9-29-15-6-4-13(22)5-7-15/h4-7,10-11H,3,8-9H2,1-2H3. The molecule has 0 amide bonds. The van der Waals surface area contributed by atoms with E-state index in [0.29, 0.717) is 32.1 Å². The Morgan fingerprint density at radius 3 is 2.77 bits per heavy atom. The molecule has 4 aromatic rings. The van der Waals surface area contributed by atoms with Crippen LogP contribution in [0.1, 0.15) is 32.9 Å². The van der Waals surface area contributed by atoms with Crippen molar-refractivity contribution < 1.29 is 18.7 Å². The van der Waals surface area contributed by atoms with E-state index in [1.165, 1.54) is 34.4 Å². The molecule has 31 heavy (non-hydrogen) atoms. The van der Waals surface area contributed by atoms with Gasteiger partial charge in [-0.05, 0) is 43.7 Å². The maximum Gasteiger partial charge on any atom is 0.348 e. The molecule has 0 spiro atoms. The quantitative estimate of drug-likeness (QED) is 0.386. The molecule has 3 heterocycles. The van der Waals surface area contributed by atoms with Gasteiger partial charge < -0.3 is 9.47 Å². The number of aryl methyl sites for hydroxylation is 1. The highest BCUT2D eigenvalue weighted by Crippen LogP contribution is 2.27. The van der Waals surface area contributed by atoms with E-state index >= 15 is 0 Å². The molecule has 0 aliphatic heterocycles. The average Bonchev–Trinajstić information content (AvgIpc) is 3.34. The number of carbonyl (C=O) groups is 1. The van der Waals surface area contributed by atoms with Crippen molar-refractivity contribution in [1.82, 2.24) is 14.5 Å². The van der Waals surface area contributed by atoms with Gasteiger partial charge in [0.2, 0.25) is 0 Å². The first-order valence-corrected chi connectivity index (χ1v) is 11.1. The Balaban J connectivity index is 1.51. The average molecular weight is 460 g/mol. The minimum absolute atomic E-state index is 0.230. The Labute approximate surface area is 184 Å². The lowest BCUT2D eigenvalue weighted by molar-refractivity contribution is 0.0531. The fourth-order valence-corrected chi connectivity index (χ4v) is 4.73. The zero-order valence-electron chi connectivity index (χ0n) is 16.8. The summed E-state index contributed by atoms with van der Waals surface area (Å²) in [5.74, 6) is -0.219. The molecule has 0 N–H and O–H groups in total. The Morgan fingerprint density at radius 2 is 2.03 bits per heavy atom. The fraction of sp³-hybridized carbons (Fsp3) is 0.238. The third kappa shape index (κ3) is 4.49. The van der Waals surface area contributed by atoms with Gasteiger partial charge in [-0.25, -0.2) is 19.2 Å². The summed E-state index contributed by atoms with van der Waals surface area (Å²) >= 11 is 2.57. The van der Waals surface area contributed by atoms with Gasteiger partial charge in [-0.3, -0.25) is 9.36 Å². The van der Waals surface area contributed by atoms with Crippen molar-refractivity contribution in [3.8, 4) is 5.75 Å². The number of rotatable bonds is 7. The van der Waals surface area contributed by atoms with Crippen molar-refractivity contribution in [3.63, 3.8) is 0 Å². The number of esters is 1. The van der Waals surface area contributed by atoms with Crippen LogP contribution >= 0.6 is 22.7 Å². The molecule has 0 saturated heterocycles. The normalized spacial score (nSPS) is 11.1. The number of ether oxygens (including phenoxy) is 2. The number of nitrogens with zero attached hydrogens (tertiary/aromatic N) is 3. The van der Waals surface area contributed by atoms with E-state index in [9.17, 15) is 14.0 Å². The lowest BCUT2D eigenvalue weighted by Gasteiger charge is -2.04. The molecule has 0 aliphatic rings. The highest BCUT2D eigenvalue weighted by Gasteiger charge is 2.20. The summed E-state index contributed by atoms with van der Waals surface area (Å²) in [6.07, 6.45) is 1.46. The molecule has 0 radical (unpaired) electrons. The zero-order chi connectivity index (χ0) is 22.0. The Hall–Kier alpha value is -3.11.